The molecule has 0 atom stereocenters. The normalized spacial score (nSPS) is 11.0. The van der Waals surface area contributed by atoms with Crippen molar-refractivity contribution in [3.05, 3.63) is 60.2 Å². The Bertz CT molecular complexity index is 751. The molecule has 0 radical (unpaired) electrons. The van der Waals surface area contributed by atoms with Gasteiger partial charge in [0.1, 0.15) is 11.6 Å². The maximum Gasteiger partial charge on any atom is 0.124 e. The summed E-state index contributed by atoms with van der Waals surface area (Å²) in [6, 6.07) is 12.3. The van der Waals surface area contributed by atoms with Gasteiger partial charge in [0.2, 0.25) is 0 Å². The van der Waals surface area contributed by atoms with E-state index in [2.05, 4.69) is 23.2 Å². The Morgan fingerprint density at radius 1 is 1.19 bits per heavy atom. The number of aryl methyl sites for hydroxylation is 1. The number of imidazole rings is 1. The number of nitrogens with zero attached hydrogens (tertiary/aromatic N) is 2. The molecule has 4 heteroatoms. The molecule has 3 nitrogen and oxygen atoms in total. The quantitative estimate of drug-likeness (QED) is 0.668. The molecule has 0 aliphatic heterocycles. The highest BCUT2D eigenvalue weighted by atomic mass is 35.5. The van der Waals surface area contributed by atoms with Crippen LogP contribution in [0.1, 0.15) is 11.4 Å². The van der Waals surface area contributed by atoms with Gasteiger partial charge in [0.05, 0.1) is 12.5 Å². The second kappa shape index (κ2) is 6.19. The number of rotatable bonds is 5. The van der Waals surface area contributed by atoms with Crippen LogP contribution in [0.15, 0.2) is 48.8 Å². The van der Waals surface area contributed by atoms with Gasteiger partial charge in [-0.3, -0.25) is 0 Å². The smallest absolute Gasteiger partial charge is 0.124 e. The average Bonchev–Trinajstić information content (AvgIpc) is 2.92. The van der Waals surface area contributed by atoms with E-state index in [0.717, 1.165) is 28.9 Å². The van der Waals surface area contributed by atoms with Crippen LogP contribution in [0.25, 0.3) is 10.8 Å². The molecule has 1 aromatic heterocycles. The second-order valence-corrected chi connectivity index (χ2v) is 5.22. The van der Waals surface area contributed by atoms with E-state index in [1.807, 2.05) is 36.0 Å². The SMILES string of the molecule is Cn1ccnc1CCOc1ccc2ccccc2c1CCl. The Hall–Kier alpha value is -2.00. The first-order valence-corrected chi connectivity index (χ1v) is 7.48. The Kier molecular flexibility index (Phi) is 4.11. The summed E-state index contributed by atoms with van der Waals surface area (Å²) in [7, 11) is 1.99. The Morgan fingerprint density at radius 2 is 2.05 bits per heavy atom. The molecule has 0 fully saturated rings. The van der Waals surface area contributed by atoms with E-state index in [1.165, 1.54) is 5.39 Å². The van der Waals surface area contributed by atoms with Crippen molar-refractivity contribution in [3.8, 4) is 5.75 Å². The van der Waals surface area contributed by atoms with Crippen LogP contribution in [-0.2, 0) is 19.3 Å². The molecular weight excluding hydrogens is 284 g/mol. The van der Waals surface area contributed by atoms with Crippen LogP contribution < -0.4 is 4.74 Å². The van der Waals surface area contributed by atoms with E-state index in [-0.39, 0.29) is 0 Å². The van der Waals surface area contributed by atoms with Gasteiger partial charge in [0, 0.05) is 31.4 Å². The molecule has 108 valence electrons. The predicted molar refractivity (Wildman–Crippen MR) is 85.9 cm³/mol. The van der Waals surface area contributed by atoms with Gasteiger partial charge in [-0.2, -0.15) is 0 Å². The first kappa shape index (κ1) is 14.0. The molecule has 0 aliphatic carbocycles. The van der Waals surface area contributed by atoms with Gasteiger partial charge in [-0.15, -0.1) is 11.6 Å². The fraction of sp³-hybridized carbons (Fsp3) is 0.235. The van der Waals surface area contributed by atoms with Crippen LogP contribution in [0, 0.1) is 0 Å². The molecule has 0 amide bonds. The van der Waals surface area contributed by atoms with E-state index < -0.39 is 0 Å². The standard InChI is InChI=1S/C17H17ClN2O/c1-20-10-9-19-17(20)8-11-21-16-7-6-13-4-2-3-5-14(13)15(16)12-18/h2-7,9-10H,8,11-12H2,1H3. The largest absolute Gasteiger partial charge is 0.493 e. The zero-order valence-electron chi connectivity index (χ0n) is 11.9. The van der Waals surface area contributed by atoms with E-state index in [0.29, 0.717) is 12.5 Å². The lowest BCUT2D eigenvalue weighted by atomic mass is 10.0. The molecule has 1 heterocycles. The van der Waals surface area contributed by atoms with Crippen LogP contribution >= 0.6 is 11.6 Å². The summed E-state index contributed by atoms with van der Waals surface area (Å²) >= 11 is 6.12. The fourth-order valence-electron chi connectivity index (χ4n) is 2.48. The number of halogens is 1. The minimum Gasteiger partial charge on any atom is -0.493 e. The third kappa shape index (κ3) is 2.88. The van der Waals surface area contributed by atoms with Crippen molar-refractivity contribution in [3.63, 3.8) is 0 Å². The molecule has 0 bridgehead atoms. The highest BCUT2D eigenvalue weighted by Crippen LogP contribution is 2.29. The molecule has 2 aromatic carbocycles. The maximum atomic E-state index is 6.12. The summed E-state index contributed by atoms with van der Waals surface area (Å²) in [5.41, 5.74) is 1.05. The van der Waals surface area contributed by atoms with Gasteiger partial charge < -0.3 is 9.30 Å². The lowest BCUT2D eigenvalue weighted by Crippen LogP contribution is -2.07. The van der Waals surface area contributed by atoms with E-state index in [9.17, 15) is 0 Å². The van der Waals surface area contributed by atoms with Gasteiger partial charge in [-0.25, -0.2) is 4.98 Å². The summed E-state index contributed by atoms with van der Waals surface area (Å²) in [6.45, 7) is 0.590. The summed E-state index contributed by atoms with van der Waals surface area (Å²) in [5.74, 6) is 2.32. The first-order chi connectivity index (χ1) is 10.3. The summed E-state index contributed by atoms with van der Waals surface area (Å²) < 4.78 is 7.93. The summed E-state index contributed by atoms with van der Waals surface area (Å²) in [4.78, 5) is 4.30. The van der Waals surface area contributed by atoms with Crippen molar-refractivity contribution >= 4 is 22.4 Å². The lowest BCUT2D eigenvalue weighted by Gasteiger charge is -2.12. The van der Waals surface area contributed by atoms with Crippen molar-refractivity contribution in [1.82, 2.24) is 9.55 Å². The number of hydrogen-bond donors (Lipinski definition) is 0. The van der Waals surface area contributed by atoms with Gasteiger partial charge in [0.15, 0.2) is 0 Å². The molecule has 0 saturated heterocycles. The molecule has 3 rings (SSSR count). The predicted octanol–water partition coefficient (Wildman–Crippen LogP) is 3.93. The molecule has 0 aliphatic rings. The number of aromatic nitrogens is 2. The summed E-state index contributed by atoms with van der Waals surface area (Å²) in [5, 5.41) is 2.34. The first-order valence-electron chi connectivity index (χ1n) is 6.95. The second-order valence-electron chi connectivity index (χ2n) is 4.95. The number of benzene rings is 2. The van der Waals surface area contributed by atoms with Gasteiger partial charge in [-0.05, 0) is 16.8 Å². The van der Waals surface area contributed by atoms with Crippen LogP contribution in [-0.4, -0.2) is 16.2 Å². The van der Waals surface area contributed by atoms with E-state index in [1.54, 1.807) is 6.20 Å². The molecule has 0 spiro atoms. The number of hydrogen-bond acceptors (Lipinski definition) is 2. The Labute approximate surface area is 129 Å². The summed E-state index contributed by atoms with van der Waals surface area (Å²) in [6.07, 6.45) is 4.52. The van der Waals surface area contributed by atoms with Crippen molar-refractivity contribution in [2.24, 2.45) is 7.05 Å². The Morgan fingerprint density at radius 3 is 2.81 bits per heavy atom. The van der Waals surface area contributed by atoms with Crippen LogP contribution in [0.2, 0.25) is 0 Å². The minimum atomic E-state index is 0.444. The van der Waals surface area contributed by atoms with Crippen LogP contribution in [0.5, 0.6) is 5.75 Å². The number of alkyl halides is 1. The molecule has 0 N–H and O–H groups in total. The molecule has 0 saturated carbocycles. The highest BCUT2D eigenvalue weighted by Gasteiger charge is 2.08. The topological polar surface area (TPSA) is 27.1 Å². The molecular formula is C17H17ClN2O. The average molecular weight is 301 g/mol. The fourth-order valence-corrected chi connectivity index (χ4v) is 2.75. The van der Waals surface area contributed by atoms with E-state index >= 15 is 0 Å². The molecule has 21 heavy (non-hydrogen) atoms. The maximum absolute atomic E-state index is 6.12. The monoisotopic (exact) mass is 300 g/mol. The van der Waals surface area contributed by atoms with Crippen LogP contribution in [0.4, 0.5) is 0 Å². The molecule has 0 unspecified atom stereocenters. The zero-order valence-corrected chi connectivity index (χ0v) is 12.7. The van der Waals surface area contributed by atoms with Crippen LogP contribution in [0.3, 0.4) is 0 Å². The lowest BCUT2D eigenvalue weighted by molar-refractivity contribution is 0.315. The highest BCUT2D eigenvalue weighted by molar-refractivity contribution is 6.18. The minimum absolute atomic E-state index is 0.444. The molecule has 3 aromatic rings. The Balaban J connectivity index is 1.79. The third-order valence-corrected chi connectivity index (χ3v) is 3.90. The van der Waals surface area contributed by atoms with Crippen molar-refractivity contribution < 1.29 is 4.74 Å². The van der Waals surface area contributed by atoms with Gasteiger partial charge in [0.25, 0.3) is 0 Å². The van der Waals surface area contributed by atoms with Crippen molar-refractivity contribution in [2.45, 2.75) is 12.3 Å². The van der Waals surface area contributed by atoms with Gasteiger partial charge >= 0.3 is 0 Å². The zero-order chi connectivity index (χ0) is 14.7. The van der Waals surface area contributed by atoms with Gasteiger partial charge in [-0.1, -0.05) is 30.3 Å². The van der Waals surface area contributed by atoms with E-state index in [4.69, 9.17) is 16.3 Å². The number of ether oxygens (including phenoxy) is 1. The van der Waals surface area contributed by atoms with Crippen molar-refractivity contribution in [2.75, 3.05) is 6.61 Å². The number of fused-ring (bicyclic) bond motifs is 1. The third-order valence-electron chi connectivity index (χ3n) is 3.64. The van der Waals surface area contributed by atoms with Crippen molar-refractivity contribution in [1.29, 1.82) is 0 Å².